The monoisotopic (exact) mass is 277 g/mol. The molecule has 1 aliphatic heterocycles. The van der Waals surface area contributed by atoms with E-state index in [4.69, 9.17) is 4.52 Å². The molecule has 1 atom stereocenters. The largest absolute Gasteiger partial charge is 0.338 e. The van der Waals surface area contributed by atoms with Gasteiger partial charge in [0.05, 0.1) is 6.04 Å². The zero-order valence-electron chi connectivity index (χ0n) is 11.4. The summed E-state index contributed by atoms with van der Waals surface area (Å²) in [6, 6.07) is 2.43. The Balaban J connectivity index is 1.72. The van der Waals surface area contributed by atoms with Crippen LogP contribution in [0.1, 0.15) is 48.5 Å². The molecule has 19 heavy (non-hydrogen) atoms. The third-order valence-corrected chi connectivity index (χ3v) is 4.72. The molecule has 0 spiro atoms. The maximum Gasteiger partial charge on any atom is 0.243 e. The quantitative estimate of drug-likeness (QED) is 0.860. The van der Waals surface area contributed by atoms with E-state index >= 15 is 0 Å². The summed E-state index contributed by atoms with van der Waals surface area (Å²) in [5.41, 5.74) is 1.45. The molecule has 0 saturated carbocycles. The molecule has 1 aliphatic rings. The van der Waals surface area contributed by atoms with E-state index in [9.17, 15) is 0 Å². The highest BCUT2D eigenvalue weighted by atomic mass is 32.1. The van der Waals surface area contributed by atoms with Crippen LogP contribution in [0.3, 0.4) is 0 Å². The Kier molecular flexibility index (Phi) is 3.66. The number of fused-ring (bicyclic) bond motifs is 1. The standard InChI is InChI=1S/C14H19N3OS/c1-3-4-13-15-14(18-16-13)10(2)17-7-5-12-11(9-17)6-8-19-12/h6,8,10H,3-5,7,9H2,1-2H3/t10-/m1/s1. The molecular formula is C14H19N3OS. The van der Waals surface area contributed by atoms with Crippen LogP contribution in [0.2, 0.25) is 0 Å². The summed E-state index contributed by atoms with van der Waals surface area (Å²) in [7, 11) is 0. The van der Waals surface area contributed by atoms with Crippen molar-refractivity contribution < 1.29 is 4.52 Å². The smallest absolute Gasteiger partial charge is 0.243 e. The molecule has 3 rings (SSSR count). The highest BCUT2D eigenvalue weighted by Gasteiger charge is 2.25. The van der Waals surface area contributed by atoms with Gasteiger partial charge in [-0.1, -0.05) is 12.1 Å². The van der Waals surface area contributed by atoms with E-state index in [0.717, 1.165) is 44.1 Å². The first-order valence-corrected chi connectivity index (χ1v) is 7.77. The van der Waals surface area contributed by atoms with Gasteiger partial charge in [0.25, 0.3) is 0 Å². The molecule has 0 aliphatic carbocycles. The zero-order chi connectivity index (χ0) is 13.2. The van der Waals surface area contributed by atoms with Gasteiger partial charge >= 0.3 is 0 Å². The Hall–Kier alpha value is -1.20. The van der Waals surface area contributed by atoms with Crippen LogP contribution in [-0.4, -0.2) is 21.6 Å². The molecular weight excluding hydrogens is 258 g/mol. The Bertz CT molecular complexity index is 548. The van der Waals surface area contributed by atoms with E-state index in [1.807, 2.05) is 11.3 Å². The number of rotatable bonds is 4. The molecule has 2 aromatic rings. The molecule has 0 N–H and O–H groups in total. The van der Waals surface area contributed by atoms with Crippen molar-refractivity contribution in [3.63, 3.8) is 0 Å². The molecule has 2 aromatic heterocycles. The number of hydrogen-bond acceptors (Lipinski definition) is 5. The molecule has 0 fully saturated rings. The fraction of sp³-hybridized carbons (Fsp3) is 0.571. The van der Waals surface area contributed by atoms with E-state index in [2.05, 4.69) is 40.3 Å². The Morgan fingerprint density at radius 1 is 1.53 bits per heavy atom. The number of aryl methyl sites for hydroxylation is 1. The van der Waals surface area contributed by atoms with Crippen molar-refractivity contribution in [3.8, 4) is 0 Å². The average molecular weight is 277 g/mol. The molecule has 5 heteroatoms. The van der Waals surface area contributed by atoms with Crippen molar-refractivity contribution in [2.45, 2.75) is 45.7 Å². The minimum Gasteiger partial charge on any atom is -0.338 e. The Labute approximate surface area is 117 Å². The minimum atomic E-state index is 0.200. The third-order valence-electron chi connectivity index (χ3n) is 3.70. The predicted octanol–water partition coefficient (Wildman–Crippen LogP) is 3.20. The number of nitrogens with zero attached hydrogens (tertiary/aromatic N) is 3. The van der Waals surface area contributed by atoms with Gasteiger partial charge in [0, 0.05) is 24.4 Å². The summed E-state index contributed by atoms with van der Waals surface area (Å²) in [5, 5.41) is 6.23. The van der Waals surface area contributed by atoms with Crippen molar-refractivity contribution in [1.29, 1.82) is 0 Å². The highest BCUT2D eigenvalue weighted by molar-refractivity contribution is 7.10. The first-order valence-electron chi connectivity index (χ1n) is 6.89. The summed E-state index contributed by atoms with van der Waals surface area (Å²) >= 11 is 1.87. The maximum atomic E-state index is 5.40. The minimum absolute atomic E-state index is 0.200. The summed E-state index contributed by atoms with van der Waals surface area (Å²) in [6.07, 6.45) is 3.08. The number of aromatic nitrogens is 2. The number of thiophene rings is 1. The van der Waals surface area contributed by atoms with Gasteiger partial charge in [0.15, 0.2) is 5.82 Å². The highest BCUT2D eigenvalue weighted by Crippen LogP contribution is 2.29. The number of hydrogen-bond donors (Lipinski definition) is 0. The zero-order valence-corrected chi connectivity index (χ0v) is 12.2. The van der Waals surface area contributed by atoms with Gasteiger partial charge in [-0.3, -0.25) is 4.90 Å². The summed E-state index contributed by atoms with van der Waals surface area (Å²) in [6.45, 7) is 6.34. The second-order valence-electron chi connectivity index (χ2n) is 5.06. The van der Waals surface area contributed by atoms with Crippen molar-refractivity contribution in [2.24, 2.45) is 0 Å². The van der Waals surface area contributed by atoms with E-state index in [-0.39, 0.29) is 6.04 Å². The van der Waals surface area contributed by atoms with Crippen LogP contribution in [0.25, 0.3) is 0 Å². The van der Waals surface area contributed by atoms with Gasteiger partial charge < -0.3 is 4.52 Å². The Morgan fingerprint density at radius 2 is 2.42 bits per heavy atom. The van der Waals surface area contributed by atoms with E-state index in [0.29, 0.717) is 0 Å². The van der Waals surface area contributed by atoms with E-state index in [1.165, 1.54) is 10.4 Å². The lowest BCUT2D eigenvalue weighted by atomic mass is 10.1. The van der Waals surface area contributed by atoms with Crippen molar-refractivity contribution in [3.05, 3.63) is 33.6 Å². The van der Waals surface area contributed by atoms with Crippen LogP contribution in [0.5, 0.6) is 0 Å². The van der Waals surface area contributed by atoms with Gasteiger partial charge in [-0.05, 0) is 36.8 Å². The van der Waals surface area contributed by atoms with Crippen LogP contribution >= 0.6 is 11.3 Å². The molecule has 0 saturated heterocycles. The van der Waals surface area contributed by atoms with E-state index < -0.39 is 0 Å². The second kappa shape index (κ2) is 5.43. The third kappa shape index (κ3) is 2.58. The molecule has 0 bridgehead atoms. The fourth-order valence-electron chi connectivity index (χ4n) is 2.52. The van der Waals surface area contributed by atoms with E-state index in [1.54, 1.807) is 0 Å². The second-order valence-corrected chi connectivity index (χ2v) is 6.06. The van der Waals surface area contributed by atoms with Crippen molar-refractivity contribution in [2.75, 3.05) is 6.54 Å². The SMILES string of the molecule is CCCc1noc([C@@H](C)N2CCc3sccc3C2)n1. The molecule has 4 nitrogen and oxygen atoms in total. The summed E-state index contributed by atoms with van der Waals surface area (Å²) < 4.78 is 5.40. The van der Waals surface area contributed by atoms with Gasteiger partial charge in [-0.25, -0.2) is 0 Å². The predicted molar refractivity (Wildman–Crippen MR) is 75.1 cm³/mol. The van der Waals surface area contributed by atoms with Crippen LogP contribution in [0.15, 0.2) is 16.0 Å². The van der Waals surface area contributed by atoms with Crippen molar-refractivity contribution in [1.82, 2.24) is 15.0 Å². The van der Waals surface area contributed by atoms with Crippen LogP contribution in [0.4, 0.5) is 0 Å². The molecule has 0 radical (unpaired) electrons. The molecule has 3 heterocycles. The Morgan fingerprint density at radius 3 is 3.26 bits per heavy atom. The topological polar surface area (TPSA) is 42.2 Å². The first-order chi connectivity index (χ1) is 9.28. The summed E-state index contributed by atoms with van der Waals surface area (Å²) in [4.78, 5) is 8.45. The first kappa shape index (κ1) is 12.8. The lowest BCUT2D eigenvalue weighted by molar-refractivity contribution is 0.159. The van der Waals surface area contributed by atoms with Gasteiger partial charge in [0.2, 0.25) is 5.89 Å². The molecule has 102 valence electrons. The lowest BCUT2D eigenvalue weighted by Gasteiger charge is -2.30. The molecule has 0 unspecified atom stereocenters. The van der Waals surface area contributed by atoms with Gasteiger partial charge in [0.1, 0.15) is 0 Å². The van der Waals surface area contributed by atoms with Gasteiger partial charge in [-0.2, -0.15) is 4.98 Å². The normalized spacial score (nSPS) is 17.4. The fourth-order valence-corrected chi connectivity index (χ4v) is 3.41. The van der Waals surface area contributed by atoms with Gasteiger partial charge in [-0.15, -0.1) is 11.3 Å². The average Bonchev–Trinajstić information content (AvgIpc) is 3.05. The maximum absolute atomic E-state index is 5.40. The van der Waals surface area contributed by atoms with Crippen LogP contribution in [0, 0.1) is 0 Å². The molecule has 0 amide bonds. The van der Waals surface area contributed by atoms with Crippen molar-refractivity contribution >= 4 is 11.3 Å². The van der Waals surface area contributed by atoms with Crippen LogP contribution < -0.4 is 0 Å². The molecule has 0 aromatic carbocycles. The van der Waals surface area contributed by atoms with Crippen LogP contribution in [-0.2, 0) is 19.4 Å². The lowest BCUT2D eigenvalue weighted by Crippen LogP contribution is -2.32. The summed E-state index contributed by atoms with van der Waals surface area (Å²) in [5.74, 6) is 1.58.